The molecule has 1 aliphatic heterocycles. The van der Waals surface area contributed by atoms with E-state index in [0.717, 1.165) is 21.9 Å². The van der Waals surface area contributed by atoms with Crippen molar-refractivity contribution in [2.45, 2.75) is 31.5 Å². The summed E-state index contributed by atoms with van der Waals surface area (Å²) in [5.41, 5.74) is 4.05. The van der Waals surface area contributed by atoms with Crippen molar-refractivity contribution in [1.82, 2.24) is 14.5 Å². The van der Waals surface area contributed by atoms with Gasteiger partial charge in [0.15, 0.2) is 15.0 Å². The van der Waals surface area contributed by atoms with E-state index in [1.165, 1.54) is 17.3 Å². The second kappa shape index (κ2) is 8.43. The molecule has 0 aliphatic carbocycles. The summed E-state index contributed by atoms with van der Waals surface area (Å²) in [7, 11) is -3.03. The quantitative estimate of drug-likeness (QED) is 0.546. The predicted molar refractivity (Wildman–Crippen MR) is 121 cm³/mol. The highest BCUT2D eigenvalue weighted by molar-refractivity contribution is 7.99. The maximum absolute atomic E-state index is 12.9. The van der Waals surface area contributed by atoms with Crippen LogP contribution in [0.4, 0.5) is 0 Å². The zero-order valence-electron chi connectivity index (χ0n) is 17.1. The summed E-state index contributed by atoms with van der Waals surface area (Å²) in [6.45, 7) is 4.45. The van der Waals surface area contributed by atoms with Gasteiger partial charge in [-0.1, -0.05) is 41.6 Å². The second-order valence-corrected chi connectivity index (χ2v) is 10.8. The van der Waals surface area contributed by atoms with E-state index >= 15 is 0 Å². The molecule has 6 nitrogen and oxygen atoms in total. The molecule has 4 rings (SSSR count). The molecule has 8 heteroatoms. The van der Waals surface area contributed by atoms with Gasteiger partial charge in [-0.25, -0.2) is 13.4 Å². The molecular formula is C22H25N3O3S2. The van der Waals surface area contributed by atoms with Crippen LogP contribution in [-0.2, 0) is 14.6 Å². The molecule has 2 aromatic carbocycles. The van der Waals surface area contributed by atoms with Crippen molar-refractivity contribution < 1.29 is 13.2 Å². The summed E-state index contributed by atoms with van der Waals surface area (Å²) in [5.74, 6) is 0.406. The number of thioether (sulfide) groups is 1. The topological polar surface area (TPSA) is 72.3 Å². The van der Waals surface area contributed by atoms with Crippen LogP contribution in [0.1, 0.15) is 18.9 Å². The lowest BCUT2D eigenvalue weighted by Crippen LogP contribution is -2.42. The SMILES string of the molecule is CCN(C(=O)CSc1nc2ccccc2n1-c1ccc(C)cc1)[C@H]1CCS(=O)(=O)C1. The monoisotopic (exact) mass is 443 g/mol. The van der Waals surface area contributed by atoms with Crippen LogP contribution in [0.2, 0.25) is 0 Å². The minimum atomic E-state index is -3.03. The summed E-state index contributed by atoms with van der Waals surface area (Å²) in [6, 6.07) is 15.9. The molecule has 30 heavy (non-hydrogen) atoms. The van der Waals surface area contributed by atoms with Crippen molar-refractivity contribution in [3.8, 4) is 5.69 Å². The van der Waals surface area contributed by atoms with Gasteiger partial charge in [-0.05, 0) is 44.5 Å². The number of sulfone groups is 1. The fraction of sp³-hybridized carbons (Fsp3) is 0.364. The second-order valence-electron chi connectivity index (χ2n) is 7.58. The fourth-order valence-corrected chi connectivity index (χ4v) is 6.56. The number of fused-ring (bicyclic) bond motifs is 1. The third-order valence-corrected chi connectivity index (χ3v) is 8.13. The van der Waals surface area contributed by atoms with Crippen LogP contribution < -0.4 is 0 Å². The fourth-order valence-electron chi connectivity index (χ4n) is 3.91. The molecule has 0 N–H and O–H groups in total. The number of carbonyl (C=O) groups is 1. The first kappa shape index (κ1) is 20.9. The highest BCUT2D eigenvalue weighted by Crippen LogP contribution is 2.29. The summed E-state index contributed by atoms with van der Waals surface area (Å²) < 4.78 is 25.7. The maximum Gasteiger partial charge on any atom is 0.233 e. The lowest BCUT2D eigenvalue weighted by molar-refractivity contribution is -0.129. The molecule has 1 amide bonds. The lowest BCUT2D eigenvalue weighted by Gasteiger charge is -2.26. The molecule has 0 bridgehead atoms. The number of imidazole rings is 1. The average Bonchev–Trinajstić information content (AvgIpc) is 3.27. The number of carbonyl (C=O) groups excluding carboxylic acids is 1. The van der Waals surface area contributed by atoms with Crippen molar-refractivity contribution in [3.63, 3.8) is 0 Å². The third kappa shape index (κ3) is 4.25. The first-order valence-corrected chi connectivity index (χ1v) is 12.9. The van der Waals surface area contributed by atoms with Crippen molar-refractivity contribution in [2.24, 2.45) is 0 Å². The van der Waals surface area contributed by atoms with Crippen molar-refractivity contribution in [3.05, 3.63) is 54.1 Å². The molecule has 0 saturated carbocycles. The van der Waals surface area contributed by atoms with Crippen molar-refractivity contribution >= 4 is 38.5 Å². The summed E-state index contributed by atoms with van der Waals surface area (Å²) in [5, 5.41) is 0.753. The van der Waals surface area contributed by atoms with Crippen molar-refractivity contribution in [1.29, 1.82) is 0 Å². The number of aryl methyl sites for hydroxylation is 1. The van der Waals surface area contributed by atoms with Crippen LogP contribution >= 0.6 is 11.8 Å². The molecule has 0 radical (unpaired) electrons. The molecule has 3 aromatic rings. The highest BCUT2D eigenvalue weighted by atomic mass is 32.2. The predicted octanol–water partition coefficient (Wildman–Crippen LogP) is 3.46. The van der Waals surface area contributed by atoms with E-state index in [9.17, 15) is 13.2 Å². The first-order chi connectivity index (χ1) is 14.4. The Balaban J connectivity index is 1.58. The highest BCUT2D eigenvalue weighted by Gasteiger charge is 2.33. The Morgan fingerprint density at radius 1 is 1.20 bits per heavy atom. The van der Waals surface area contributed by atoms with Gasteiger partial charge in [0.1, 0.15) is 0 Å². The molecule has 1 atom stereocenters. The molecule has 0 unspecified atom stereocenters. The van der Waals surface area contributed by atoms with Crippen LogP contribution in [0.15, 0.2) is 53.7 Å². The van der Waals surface area contributed by atoms with E-state index in [0.29, 0.717) is 13.0 Å². The lowest BCUT2D eigenvalue weighted by atomic mass is 10.2. The Morgan fingerprint density at radius 2 is 1.93 bits per heavy atom. The Bertz CT molecular complexity index is 1170. The number of amides is 1. The van der Waals surface area contributed by atoms with E-state index in [2.05, 4.69) is 28.8 Å². The number of nitrogens with zero attached hydrogens (tertiary/aromatic N) is 3. The zero-order valence-corrected chi connectivity index (χ0v) is 18.7. The van der Waals surface area contributed by atoms with E-state index in [4.69, 9.17) is 4.98 Å². The summed E-state index contributed by atoms with van der Waals surface area (Å²) >= 11 is 1.39. The Hall–Kier alpha value is -2.32. The van der Waals surface area contributed by atoms with Gasteiger partial charge in [-0.3, -0.25) is 9.36 Å². The van der Waals surface area contributed by atoms with Gasteiger partial charge in [0.2, 0.25) is 5.91 Å². The van der Waals surface area contributed by atoms with Crippen LogP contribution in [0, 0.1) is 6.92 Å². The maximum atomic E-state index is 12.9. The van der Waals surface area contributed by atoms with Crippen LogP contribution in [0.3, 0.4) is 0 Å². The van der Waals surface area contributed by atoms with Gasteiger partial charge in [0.25, 0.3) is 0 Å². The minimum absolute atomic E-state index is 0.0490. The van der Waals surface area contributed by atoms with Crippen LogP contribution in [-0.4, -0.2) is 58.6 Å². The van der Waals surface area contributed by atoms with E-state index in [-0.39, 0.29) is 29.2 Å². The first-order valence-electron chi connectivity index (χ1n) is 10.0. The molecule has 2 heterocycles. The average molecular weight is 444 g/mol. The van der Waals surface area contributed by atoms with Gasteiger partial charge in [-0.15, -0.1) is 0 Å². The number of rotatable bonds is 6. The number of aromatic nitrogens is 2. The number of para-hydroxylation sites is 2. The molecule has 1 fully saturated rings. The van der Waals surface area contributed by atoms with Crippen LogP contribution in [0.5, 0.6) is 0 Å². The van der Waals surface area contributed by atoms with E-state index in [1.54, 1.807) is 4.90 Å². The van der Waals surface area contributed by atoms with Crippen molar-refractivity contribution in [2.75, 3.05) is 23.8 Å². The Kier molecular flexibility index (Phi) is 5.88. The molecule has 158 valence electrons. The van der Waals surface area contributed by atoms with Crippen LogP contribution in [0.25, 0.3) is 16.7 Å². The molecule has 1 aromatic heterocycles. The van der Waals surface area contributed by atoms with Gasteiger partial charge >= 0.3 is 0 Å². The standard InChI is InChI=1S/C22H25N3O3S2/c1-3-24(18-12-13-30(27,28)15-18)21(26)14-29-22-23-19-6-4-5-7-20(19)25(22)17-10-8-16(2)9-11-17/h4-11,18H,3,12-15H2,1-2H3/t18-/m0/s1. The third-order valence-electron chi connectivity index (χ3n) is 5.46. The largest absolute Gasteiger partial charge is 0.338 e. The smallest absolute Gasteiger partial charge is 0.233 e. The van der Waals surface area contributed by atoms with E-state index < -0.39 is 9.84 Å². The Morgan fingerprint density at radius 3 is 2.60 bits per heavy atom. The Labute approximate surface area is 181 Å². The minimum Gasteiger partial charge on any atom is -0.338 e. The number of hydrogen-bond donors (Lipinski definition) is 0. The zero-order chi connectivity index (χ0) is 21.3. The molecular weight excluding hydrogens is 418 g/mol. The number of benzene rings is 2. The summed E-state index contributed by atoms with van der Waals surface area (Å²) in [4.78, 5) is 19.4. The van der Waals surface area contributed by atoms with E-state index in [1.807, 2.05) is 38.1 Å². The molecule has 1 saturated heterocycles. The number of hydrogen-bond acceptors (Lipinski definition) is 5. The van der Waals surface area contributed by atoms with Gasteiger partial charge in [0.05, 0.1) is 28.3 Å². The normalized spacial score (nSPS) is 18.0. The van der Waals surface area contributed by atoms with Gasteiger partial charge in [0, 0.05) is 18.3 Å². The summed E-state index contributed by atoms with van der Waals surface area (Å²) in [6.07, 6.45) is 0.522. The molecule has 1 aliphatic rings. The van der Waals surface area contributed by atoms with Gasteiger partial charge < -0.3 is 4.90 Å². The van der Waals surface area contributed by atoms with Gasteiger partial charge in [-0.2, -0.15) is 0 Å². The molecule has 0 spiro atoms.